The van der Waals surface area contributed by atoms with Crippen molar-refractivity contribution in [3.63, 3.8) is 0 Å². The molecule has 0 aromatic heterocycles. The molecule has 0 atom stereocenters. The SMILES string of the molecule is C=C(C)C(=O)OCCCS(=O)(=O)[O-].c1ccc([S+](c2ccccc2)c2ccccc2)cc1. The first-order chi connectivity index (χ1) is 15.3. The largest absolute Gasteiger partial charge is 0.748 e. The lowest BCUT2D eigenvalue weighted by atomic mass is 10.4. The van der Waals surface area contributed by atoms with Gasteiger partial charge in [-0.1, -0.05) is 61.2 Å². The first-order valence-corrected chi connectivity index (χ1v) is 12.7. The normalized spacial score (nSPS) is 10.7. The molecule has 5 nitrogen and oxygen atoms in total. The van der Waals surface area contributed by atoms with E-state index in [9.17, 15) is 17.8 Å². The van der Waals surface area contributed by atoms with Crippen molar-refractivity contribution in [1.29, 1.82) is 0 Å². The van der Waals surface area contributed by atoms with E-state index < -0.39 is 21.8 Å². The highest BCUT2D eigenvalue weighted by Crippen LogP contribution is 2.30. The molecule has 0 saturated carbocycles. The van der Waals surface area contributed by atoms with Gasteiger partial charge in [0.1, 0.15) is 0 Å². The van der Waals surface area contributed by atoms with Gasteiger partial charge in [-0.25, -0.2) is 13.2 Å². The molecule has 0 heterocycles. The molecular formula is C25H26O5S2. The number of benzene rings is 3. The second-order valence-corrected chi connectivity index (χ2v) is 10.3. The molecule has 0 amide bonds. The van der Waals surface area contributed by atoms with E-state index in [-0.39, 0.29) is 29.5 Å². The summed E-state index contributed by atoms with van der Waals surface area (Å²) >= 11 is 0. The topological polar surface area (TPSA) is 83.5 Å². The molecule has 0 unspecified atom stereocenters. The third-order valence-electron chi connectivity index (χ3n) is 4.06. The van der Waals surface area contributed by atoms with Crippen LogP contribution in [0.1, 0.15) is 13.3 Å². The Kier molecular flexibility index (Phi) is 10.2. The third kappa shape index (κ3) is 9.09. The minimum Gasteiger partial charge on any atom is -0.748 e. The van der Waals surface area contributed by atoms with Crippen molar-refractivity contribution in [1.82, 2.24) is 0 Å². The summed E-state index contributed by atoms with van der Waals surface area (Å²) in [5.74, 6) is -1.10. The lowest BCUT2D eigenvalue weighted by Crippen LogP contribution is -2.11. The van der Waals surface area contributed by atoms with Crippen LogP contribution in [0.25, 0.3) is 0 Å². The molecule has 0 radical (unpaired) electrons. The van der Waals surface area contributed by atoms with Crippen LogP contribution in [-0.2, 0) is 30.5 Å². The Morgan fingerprint density at radius 1 is 0.844 bits per heavy atom. The molecule has 7 heteroatoms. The van der Waals surface area contributed by atoms with Gasteiger partial charge in [-0.05, 0) is 49.7 Å². The van der Waals surface area contributed by atoms with E-state index in [0.29, 0.717) is 0 Å². The average molecular weight is 471 g/mol. The Morgan fingerprint density at radius 3 is 1.53 bits per heavy atom. The second-order valence-electron chi connectivity index (χ2n) is 6.78. The van der Waals surface area contributed by atoms with Crippen LogP contribution < -0.4 is 0 Å². The molecule has 3 rings (SSSR count). The maximum absolute atomic E-state index is 10.7. The molecule has 0 aliphatic rings. The van der Waals surface area contributed by atoms with Crippen molar-refractivity contribution >= 4 is 27.0 Å². The van der Waals surface area contributed by atoms with Crippen LogP contribution in [0, 0.1) is 0 Å². The highest BCUT2D eigenvalue weighted by atomic mass is 32.2. The predicted octanol–water partition coefficient (Wildman–Crippen LogP) is 4.82. The van der Waals surface area contributed by atoms with Crippen molar-refractivity contribution in [3.8, 4) is 0 Å². The van der Waals surface area contributed by atoms with Crippen molar-refractivity contribution in [2.45, 2.75) is 28.0 Å². The molecule has 0 aliphatic carbocycles. The van der Waals surface area contributed by atoms with Crippen LogP contribution in [0.4, 0.5) is 0 Å². The lowest BCUT2D eigenvalue weighted by Gasteiger charge is -2.07. The summed E-state index contributed by atoms with van der Waals surface area (Å²) < 4.78 is 34.8. The van der Waals surface area contributed by atoms with Gasteiger partial charge >= 0.3 is 5.97 Å². The van der Waals surface area contributed by atoms with Crippen LogP contribution in [0.2, 0.25) is 0 Å². The van der Waals surface area contributed by atoms with Crippen LogP contribution in [0.15, 0.2) is 118 Å². The van der Waals surface area contributed by atoms with Crippen molar-refractivity contribution in [3.05, 3.63) is 103 Å². The molecule has 3 aromatic carbocycles. The standard InChI is InChI=1S/C18H15S.C7H12O5S/c1-4-10-16(11-5-1)19(17-12-6-2-7-13-17)18-14-8-3-9-15-18;1-6(2)7(8)12-4-3-5-13(9,10)11/h1-15H;1,3-5H2,2H3,(H,9,10,11)/q+1;/p-1. The highest BCUT2D eigenvalue weighted by molar-refractivity contribution is 7.97. The predicted molar refractivity (Wildman–Crippen MR) is 126 cm³/mol. The molecule has 0 saturated heterocycles. The van der Waals surface area contributed by atoms with E-state index in [2.05, 4.69) is 102 Å². The molecule has 3 aromatic rings. The zero-order valence-corrected chi connectivity index (χ0v) is 19.5. The number of carbonyl (C=O) groups is 1. The number of carbonyl (C=O) groups excluding carboxylic acids is 1. The van der Waals surface area contributed by atoms with E-state index in [1.54, 1.807) is 0 Å². The van der Waals surface area contributed by atoms with Gasteiger partial charge < -0.3 is 9.29 Å². The molecule has 0 fully saturated rings. The summed E-state index contributed by atoms with van der Waals surface area (Å²) in [4.78, 5) is 14.8. The highest BCUT2D eigenvalue weighted by Gasteiger charge is 2.27. The summed E-state index contributed by atoms with van der Waals surface area (Å²) in [5.41, 5.74) is 0.241. The molecule has 0 spiro atoms. The number of esters is 1. The van der Waals surface area contributed by atoms with E-state index in [1.165, 1.54) is 21.6 Å². The van der Waals surface area contributed by atoms with Crippen LogP contribution in [0.3, 0.4) is 0 Å². The fourth-order valence-corrected chi connectivity index (χ4v) is 5.18. The number of ether oxygens (including phenoxy) is 1. The van der Waals surface area contributed by atoms with Crippen LogP contribution in [-0.4, -0.2) is 31.3 Å². The summed E-state index contributed by atoms with van der Waals surface area (Å²) in [6, 6.07) is 32.2. The molecule has 0 N–H and O–H groups in total. The Balaban J connectivity index is 0.000000247. The molecular weight excluding hydrogens is 444 g/mol. The fourth-order valence-electron chi connectivity index (χ4n) is 2.60. The summed E-state index contributed by atoms with van der Waals surface area (Å²) in [7, 11) is -4.22. The average Bonchev–Trinajstić information content (AvgIpc) is 2.79. The van der Waals surface area contributed by atoms with Crippen LogP contribution in [0.5, 0.6) is 0 Å². The molecule has 32 heavy (non-hydrogen) atoms. The summed E-state index contributed by atoms with van der Waals surface area (Å²) in [6.45, 7) is 4.73. The minimum absolute atomic E-state index is 0.0146. The van der Waals surface area contributed by atoms with Crippen molar-refractivity contribution < 1.29 is 22.5 Å². The Labute approximate surface area is 192 Å². The van der Waals surface area contributed by atoms with Gasteiger partial charge in [0, 0.05) is 11.3 Å². The van der Waals surface area contributed by atoms with Gasteiger partial charge in [-0.15, -0.1) is 0 Å². The smallest absolute Gasteiger partial charge is 0.333 e. The first-order valence-electron chi connectivity index (χ1n) is 9.93. The van der Waals surface area contributed by atoms with Gasteiger partial charge in [0.25, 0.3) is 0 Å². The minimum atomic E-state index is -4.21. The van der Waals surface area contributed by atoms with Gasteiger partial charge in [-0.3, -0.25) is 0 Å². The maximum Gasteiger partial charge on any atom is 0.333 e. The number of hydrogen-bond acceptors (Lipinski definition) is 5. The molecule has 0 aliphatic heterocycles. The number of hydrogen-bond donors (Lipinski definition) is 0. The first kappa shape index (κ1) is 25.4. The molecule has 0 bridgehead atoms. The Bertz CT molecular complexity index is 989. The van der Waals surface area contributed by atoms with Crippen LogP contribution >= 0.6 is 0 Å². The zero-order chi connectivity index (χ0) is 23.4. The lowest BCUT2D eigenvalue weighted by molar-refractivity contribution is -0.138. The van der Waals surface area contributed by atoms with E-state index in [4.69, 9.17) is 0 Å². The van der Waals surface area contributed by atoms with Gasteiger partial charge in [0.05, 0.1) is 27.6 Å². The quantitative estimate of drug-likeness (QED) is 0.155. The van der Waals surface area contributed by atoms with E-state index in [1.807, 2.05) is 0 Å². The molecule has 168 valence electrons. The Morgan fingerprint density at radius 2 is 1.22 bits per heavy atom. The third-order valence-corrected chi connectivity index (χ3v) is 7.08. The Hall–Kier alpha value is -2.87. The van der Waals surface area contributed by atoms with Crippen molar-refractivity contribution in [2.75, 3.05) is 12.4 Å². The van der Waals surface area contributed by atoms with E-state index in [0.717, 1.165) is 0 Å². The van der Waals surface area contributed by atoms with Gasteiger partial charge in [-0.2, -0.15) is 0 Å². The van der Waals surface area contributed by atoms with Gasteiger partial charge in [0.15, 0.2) is 14.7 Å². The number of rotatable bonds is 8. The summed E-state index contributed by atoms with van der Waals surface area (Å²) in [6.07, 6.45) is 0.0187. The second kappa shape index (κ2) is 12.9. The van der Waals surface area contributed by atoms with Gasteiger partial charge in [0.2, 0.25) is 0 Å². The maximum atomic E-state index is 10.7. The zero-order valence-electron chi connectivity index (χ0n) is 17.8. The van der Waals surface area contributed by atoms with E-state index >= 15 is 0 Å². The van der Waals surface area contributed by atoms with Crippen molar-refractivity contribution in [2.24, 2.45) is 0 Å². The monoisotopic (exact) mass is 470 g/mol. The summed E-state index contributed by atoms with van der Waals surface area (Å²) in [5, 5.41) is 0. The fraction of sp³-hybridized carbons (Fsp3) is 0.160.